The Balaban J connectivity index is 2.27. The highest BCUT2D eigenvalue weighted by Gasteiger charge is 2.10. The number of ether oxygens (including phenoxy) is 1. The smallest absolute Gasteiger partial charge is 0.219 e. The lowest BCUT2D eigenvalue weighted by atomic mass is 10.1. The second kappa shape index (κ2) is 6.18. The molecule has 0 saturated heterocycles. The number of hydrogen-bond donors (Lipinski definition) is 1. The maximum atomic E-state index is 11.2. The van der Waals surface area contributed by atoms with Crippen LogP contribution in [0.5, 0.6) is 5.75 Å². The van der Waals surface area contributed by atoms with Gasteiger partial charge in [0.2, 0.25) is 5.91 Å². The highest BCUT2D eigenvalue weighted by Crippen LogP contribution is 2.26. The zero-order valence-electron chi connectivity index (χ0n) is 11.5. The van der Waals surface area contributed by atoms with Crippen LogP contribution in [0.3, 0.4) is 0 Å². The lowest BCUT2D eigenvalue weighted by molar-refractivity contribution is -0.120. The molecule has 0 atom stereocenters. The van der Waals surface area contributed by atoms with Crippen LogP contribution >= 0.6 is 0 Å². The first-order valence-corrected chi connectivity index (χ1v) is 6.48. The third-order valence-electron chi connectivity index (χ3n) is 3.20. The molecule has 0 aliphatic rings. The number of nitroso groups, excluding NO2 is 1. The highest BCUT2D eigenvalue weighted by atomic mass is 16.5. The molecule has 0 aliphatic carbocycles. The number of methoxy groups -OCH3 is 1. The molecule has 0 aliphatic heterocycles. The van der Waals surface area contributed by atoms with Crippen LogP contribution in [0, 0.1) is 4.91 Å². The Kier molecular flexibility index (Phi) is 4.34. The van der Waals surface area contributed by atoms with E-state index in [4.69, 9.17) is 4.74 Å². The fourth-order valence-corrected chi connectivity index (χ4v) is 2.11. The number of amides is 1. The average Bonchev–Trinajstić information content (AvgIpc) is 2.84. The molecule has 1 N–H and O–H groups in total. The molecule has 1 amide bonds. The summed E-state index contributed by atoms with van der Waals surface area (Å²) in [5, 5.41) is 6.70. The van der Waals surface area contributed by atoms with E-state index in [1.807, 2.05) is 13.0 Å². The average molecular weight is 275 g/mol. The molecule has 1 aromatic heterocycles. The van der Waals surface area contributed by atoms with Crippen LogP contribution in [0.2, 0.25) is 0 Å². The molecule has 1 aromatic carbocycles. The van der Waals surface area contributed by atoms with Crippen LogP contribution < -0.4 is 10.1 Å². The van der Waals surface area contributed by atoms with Crippen molar-refractivity contribution in [2.45, 2.75) is 19.8 Å². The third kappa shape index (κ3) is 2.79. The van der Waals surface area contributed by atoms with Crippen molar-refractivity contribution < 1.29 is 9.53 Å². The second-order valence-corrected chi connectivity index (χ2v) is 4.42. The molecule has 0 saturated carbocycles. The van der Waals surface area contributed by atoms with E-state index in [1.165, 1.54) is 4.68 Å². The number of nitrogens with zero attached hydrogens (tertiary/aromatic N) is 2. The van der Waals surface area contributed by atoms with Crippen LogP contribution in [0.1, 0.15) is 18.9 Å². The van der Waals surface area contributed by atoms with E-state index in [2.05, 4.69) is 10.6 Å². The molecule has 106 valence electrons. The Morgan fingerprint density at radius 1 is 1.45 bits per heavy atom. The summed E-state index contributed by atoms with van der Waals surface area (Å²) in [4.78, 5) is 22.1. The quantitative estimate of drug-likeness (QED) is 0.822. The molecule has 0 bridgehead atoms. The minimum Gasteiger partial charge on any atom is -0.497 e. The van der Waals surface area contributed by atoms with Gasteiger partial charge in [-0.05, 0) is 30.2 Å². The predicted molar refractivity (Wildman–Crippen MR) is 76.7 cm³/mol. The van der Waals surface area contributed by atoms with Crippen molar-refractivity contribution in [3.63, 3.8) is 0 Å². The second-order valence-electron chi connectivity index (χ2n) is 4.42. The summed E-state index contributed by atoms with van der Waals surface area (Å²) in [5.41, 5.74) is 1.69. The van der Waals surface area contributed by atoms with Gasteiger partial charge in [-0.2, -0.15) is 0 Å². The zero-order chi connectivity index (χ0) is 14.5. The Bertz CT molecular complexity index is 634. The Labute approximate surface area is 116 Å². The van der Waals surface area contributed by atoms with Crippen LogP contribution in [0.4, 0.5) is 0 Å². The maximum absolute atomic E-state index is 11.2. The predicted octanol–water partition coefficient (Wildman–Crippen LogP) is 2.25. The van der Waals surface area contributed by atoms with E-state index in [0.29, 0.717) is 19.4 Å². The molecular weight excluding hydrogens is 258 g/mol. The van der Waals surface area contributed by atoms with Crippen molar-refractivity contribution in [1.82, 2.24) is 9.99 Å². The Hall–Kier alpha value is -2.37. The Morgan fingerprint density at radius 3 is 2.90 bits per heavy atom. The maximum Gasteiger partial charge on any atom is 0.219 e. The van der Waals surface area contributed by atoms with Gasteiger partial charge in [0.15, 0.2) is 0 Å². The van der Waals surface area contributed by atoms with Gasteiger partial charge in [0.25, 0.3) is 0 Å². The van der Waals surface area contributed by atoms with Gasteiger partial charge < -0.3 is 10.1 Å². The van der Waals surface area contributed by atoms with E-state index < -0.39 is 0 Å². The van der Waals surface area contributed by atoms with E-state index >= 15 is 0 Å². The van der Waals surface area contributed by atoms with Crippen molar-refractivity contribution in [3.05, 3.63) is 34.9 Å². The fraction of sp³-hybridized carbons (Fsp3) is 0.357. The van der Waals surface area contributed by atoms with Gasteiger partial charge in [0.05, 0.1) is 17.9 Å². The SMILES string of the molecule is CCC(=O)NCCc1cn(N=O)c2ccc(OC)cc12. The molecule has 20 heavy (non-hydrogen) atoms. The summed E-state index contributed by atoms with van der Waals surface area (Å²) in [5.74, 6) is 0.736. The molecule has 0 radical (unpaired) electrons. The van der Waals surface area contributed by atoms with Crippen molar-refractivity contribution >= 4 is 16.8 Å². The lowest BCUT2D eigenvalue weighted by Crippen LogP contribution is -2.24. The van der Waals surface area contributed by atoms with E-state index in [9.17, 15) is 9.70 Å². The van der Waals surface area contributed by atoms with Gasteiger partial charge in [0, 0.05) is 24.5 Å². The lowest BCUT2D eigenvalue weighted by Gasteiger charge is -2.03. The van der Waals surface area contributed by atoms with Gasteiger partial charge >= 0.3 is 0 Å². The van der Waals surface area contributed by atoms with E-state index in [0.717, 1.165) is 22.2 Å². The minimum absolute atomic E-state index is 0.0137. The summed E-state index contributed by atoms with van der Waals surface area (Å²) in [7, 11) is 1.59. The van der Waals surface area contributed by atoms with E-state index in [-0.39, 0.29) is 5.91 Å². The number of rotatable bonds is 6. The van der Waals surface area contributed by atoms with Crippen LogP contribution in [-0.4, -0.2) is 24.2 Å². The summed E-state index contributed by atoms with van der Waals surface area (Å²) in [6.07, 6.45) is 2.79. The first-order chi connectivity index (χ1) is 9.69. The monoisotopic (exact) mass is 275 g/mol. The molecule has 1 heterocycles. The minimum atomic E-state index is 0.0137. The Morgan fingerprint density at radius 2 is 2.25 bits per heavy atom. The van der Waals surface area contributed by atoms with Crippen LogP contribution in [0.15, 0.2) is 29.7 Å². The molecule has 0 unspecified atom stereocenters. The van der Waals surface area contributed by atoms with E-state index in [1.54, 1.807) is 25.4 Å². The molecule has 6 nitrogen and oxygen atoms in total. The fourth-order valence-electron chi connectivity index (χ4n) is 2.11. The van der Waals surface area contributed by atoms with Crippen LogP contribution in [0.25, 0.3) is 10.9 Å². The van der Waals surface area contributed by atoms with Gasteiger partial charge in [-0.25, -0.2) is 4.68 Å². The number of aromatic nitrogens is 1. The van der Waals surface area contributed by atoms with Crippen molar-refractivity contribution in [2.24, 2.45) is 5.29 Å². The van der Waals surface area contributed by atoms with Gasteiger partial charge in [-0.15, -0.1) is 4.91 Å². The third-order valence-corrected chi connectivity index (χ3v) is 3.20. The first kappa shape index (κ1) is 14.0. The number of fused-ring (bicyclic) bond motifs is 1. The van der Waals surface area contributed by atoms with Gasteiger partial charge in [-0.3, -0.25) is 4.79 Å². The zero-order valence-corrected chi connectivity index (χ0v) is 11.5. The molecule has 2 aromatic rings. The summed E-state index contributed by atoms with van der Waals surface area (Å²) >= 11 is 0. The molecular formula is C14H17N3O3. The van der Waals surface area contributed by atoms with Crippen molar-refractivity contribution in [3.8, 4) is 5.75 Å². The van der Waals surface area contributed by atoms with Crippen molar-refractivity contribution in [2.75, 3.05) is 13.7 Å². The number of benzene rings is 1. The molecule has 6 heteroatoms. The number of hydrogen-bond acceptors (Lipinski definition) is 4. The van der Waals surface area contributed by atoms with Crippen molar-refractivity contribution in [1.29, 1.82) is 0 Å². The van der Waals surface area contributed by atoms with Crippen LogP contribution in [-0.2, 0) is 11.2 Å². The van der Waals surface area contributed by atoms with Gasteiger partial charge in [-0.1, -0.05) is 6.92 Å². The largest absolute Gasteiger partial charge is 0.497 e. The topological polar surface area (TPSA) is 72.7 Å². The molecule has 0 fully saturated rings. The molecule has 2 rings (SSSR count). The normalized spacial score (nSPS) is 10.5. The summed E-state index contributed by atoms with van der Waals surface area (Å²) in [6.45, 7) is 2.34. The standard InChI is InChI=1S/C14H17N3O3/c1-3-14(18)15-7-6-10-9-17(16-19)13-5-4-11(20-2)8-12(10)13/h4-5,8-9H,3,6-7H2,1-2H3,(H,15,18). The number of nitrogens with one attached hydrogen (secondary N) is 1. The highest BCUT2D eigenvalue weighted by molar-refractivity contribution is 5.85. The summed E-state index contributed by atoms with van der Waals surface area (Å²) in [6, 6.07) is 5.45. The number of carbonyl (C=O) groups is 1. The summed E-state index contributed by atoms with van der Waals surface area (Å²) < 4.78 is 6.49. The van der Waals surface area contributed by atoms with Gasteiger partial charge in [0.1, 0.15) is 5.75 Å². The molecule has 0 spiro atoms. The first-order valence-electron chi connectivity index (χ1n) is 6.48. The number of carbonyl (C=O) groups excluding carboxylic acids is 1.